The van der Waals surface area contributed by atoms with Crippen molar-refractivity contribution in [1.82, 2.24) is 9.97 Å². The first kappa shape index (κ1) is 13.5. The molecule has 0 amide bonds. The molecule has 0 saturated heterocycles. The first-order valence-corrected chi connectivity index (χ1v) is 6.35. The van der Waals surface area contributed by atoms with Crippen LogP contribution in [-0.2, 0) is 6.42 Å². The molecule has 2 N–H and O–H groups in total. The number of hydrogen-bond acceptors (Lipinski definition) is 3. The van der Waals surface area contributed by atoms with E-state index in [0.717, 1.165) is 11.3 Å². The predicted molar refractivity (Wildman–Crippen MR) is 74.5 cm³/mol. The van der Waals surface area contributed by atoms with Crippen LogP contribution < -0.4 is 5.73 Å². The minimum absolute atomic E-state index is 0.240. The van der Waals surface area contributed by atoms with Gasteiger partial charge in [-0.2, -0.15) is 0 Å². The first-order valence-electron chi connectivity index (χ1n) is 6.35. The fourth-order valence-corrected chi connectivity index (χ4v) is 2.27. The Morgan fingerprint density at radius 3 is 2.47 bits per heavy atom. The largest absolute Gasteiger partial charge is 0.383 e. The molecule has 0 saturated carbocycles. The van der Waals surface area contributed by atoms with Crippen molar-refractivity contribution in [2.75, 3.05) is 5.73 Å². The van der Waals surface area contributed by atoms with Crippen molar-refractivity contribution in [3.63, 3.8) is 0 Å². The molecule has 0 radical (unpaired) electrons. The van der Waals surface area contributed by atoms with Crippen molar-refractivity contribution in [1.29, 1.82) is 0 Å². The summed E-state index contributed by atoms with van der Waals surface area (Å²) in [5.41, 5.74) is 8.39. The van der Waals surface area contributed by atoms with E-state index >= 15 is 0 Å². The van der Waals surface area contributed by atoms with E-state index in [1.165, 1.54) is 6.07 Å². The maximum Gasteiger partial charge on any atom is 0.135 e. The van der Waals surface area contributed by atoms with Crippen LogP contribution in [0.4, 0.5) is 10.2 Å². The Bertz CT molecular complexity index is 571. The SMILES string of the molecule is Cc1nc(Cc2ccccc2F)nc(N)c1C(C)C. The summed E-state index contributed by atoms with van der Waals surface area (Å²) in [5.74, 6) is 1.09. The highest BCUT2D eigenvalue weighted by Gasteiger charge is 2.13. The summed E-state index contributed by atoms with van der Waals surface area (Å²) in [6, 6.07) is 6.65. The fourth-order valence-electron chi connectivity index (χ4n) is 2.27. The molecule has 19 heavy (non-hydrogen) atoms. The minimum Gasteiger partial charge on any atom is -0.383 e. The van der Waals surface area contributed by atoms with Crippen molar-refractivity contribution < 1.29 is 4.39 Å². The molecule has 1 heterocycles. The molecule has 1 aromatic heterocycles. The van der Waals surface area contributed by atoms with Crippen molar-refractivity contribution in [2.45, 2.75) is 33.1 Å². The van der Waals surface area contributed by atoms with Crippen LogP contribution in [0, 0.1) is 12.7 Å². The molecule has 100 valence electrons. The lowest BCUT2D eigenvalue weighted by atomic mass is 10.0. The number of benzene rings is 1. The molecule has 0 spiro atoms. The Kier molecular flexibility index (Phi) is 3.79. The van der Waals surface area contributed by atoms with E-state index in [0.29, 0.717) is 23.6 Å². The van der Waals surface area contributed by atoms with E-state index in [4.69, 9.17) is 5.73 Å². The van der Waals surface area contributed by atoms with Gasteiger partial charge < -0.3 is 5.73 Å². The van der Waals surface area contributed by atoms with Crippen LogP contribution in [0.5, 0.6) is 0 Å². The molecule has 0 aliphatic carbocycles. The van der Waals surface area contributed by atoms with Crippen LogP contribution in [0.3, 0.4) is 0 Å². The summed E-state index contributed by atoms with van der Waals surface area (Å²) in [6.45, 7) is 6.02. The highest BCUT2D eigenvalue weighted by atomic mass is 19.1. The fraction of sp³-hybridized carbons (Fsp3) is 0.333. The second-order valence-electron chi connectivity index (χ2n) is 4.95. The van der Waals surface area contributed by atoms with Crippen molar-refractivity contribution in [3.05, 3.63) is 52.7 Å². The average Bonchev–Trinajstić information content (AvgIpc) is 2.30. The number of anilines is 1. The van der Waals surface area contributed by atoms with E-state index in [1.807, 2.05) is 6.92 Å². The predicted octanol–water partition coefficient (Wildman–Crippen LogP) is 3.22. The van der Waals surface area contributed by atoms with Crippen LogP contribution >= 0.6 is 0 Å². The summed E-state index contributed by atoms with van der Waals surface area (Å²) < 4.78 is 13.6. The second-order valence-corrected chi connectivity index (χ2v) is 4.95. The quantitative estimate of drug-likeness (QED) is 0.920. The summed E-state index contributed by atoms with van der Waals surface area (Å²) >= 11 is 0. The Balaban J connectivity index is 2.35. The highest BCUT2D eigenvalue weighted by Crippen LogP contribution is 2.23. The number of hydrogen-bond donors (Lipinski definition) is 1. The lowest BCUT2D eigenvalue weighted by Gasteiger charge is -2.13. The molecule has 0 fully saturated rings. The Morgan fingerprint density at radius 2 is 1.89 bits per heavy atom. The van der Waals surface area contributed by atoms with Gasteiger partial charge in [0.05, 0.1) is 0 Å². The molecule has 0 unspecified atom stereocenters. The van der Waals surface area contributed by atoms with Gasteiger partial charge in [0.1, 0.15) is 17.5 Å². The van der Waals surface area contributed by atoms with Gasteiger partial charge in [0.2, 0.25) is 0 Å². The molecule has 4 heteroatoms. The van der Waals surface area contributed by atoms with E-state index < -0.39 is 0 Å². The molecule has 0 aliphatic heterocycles. The lowest BCUT2D eigenvalue weighted by Crippen LogP contribution is -2.09. The van der Waals surface area contributed by atoms with Gasteiger partial charge in [-0.3, -0.25) is 0 Å². The third kappa shape index (κ3) is 2.89. The monoisotopic (exact) mass is 259 g/mol. The molecule has 3 nitrogen and oxygen atoms in total. The van der Waals surface area contributed by atoms with Gasteiger partial charge in [0, 0.05) is 17.7 Å². The smallest absolute Gasteiger partial charge is 0.135 e. The number of nitrogen functional groups attached to an aromatic ring is 1. The number of aryl methyl sites for hydroxylation is 1. The topological polar surface area (TPSA) is 51.8 Å². The average molecular weight is 259 g/mol. The second kappa shape index (κ2) is 5.34. The van der Waals surface area contributed by atoms with Crippen molar-refractivity contribution >= 4 is 5.82 Å². The highest BCUT2D eigenvalue weighted by molar-refractivity contribution is 5.44. The summed E-state index contributed by atoms with van der Waals surface area (Å²) in [4.78, 5) is 8.73. The standard InChI is InChI=1S/C15H18FN3/c1-9(2)14-10(3)18-13(19-15(14)17)8-11-6-4-5-7-12(11)16/h4-7,9H,8H2,1-3H3,(H2,17,18,19). The zero-order valence-corrected chi connectivity index (χ0v) is 11.4. The molecule has 0 aliphatic rings. The van der Waals surface area contributed by atoms with Crippen LogP contribution in [0.25, 0.3) is 0 Å². The van der Waals surface area contributed by atoms with E-state index in [9.17, 15) is 4.39 Å². The first-order chi connectivity index (χ1) is 8.99. The number of nitrogens with two attached hydrogens (primary N) is 1. The molecular formula is C15H18FN3. The van der Waals surface area contributed by atoms with Gasteiger partial charge >= 0.3 is 0 Å². The van der Waals surface area contributed by atoms with Gasteiger partial charge in [-0.1, -0.05) is 32.0 Å². The molecule has 2 aromatic rings. The minimum atomic E-state index is -0.240. The maximum absolute atomic E-state index is 13.6. The number of rotatable bonds is 3. The van der Waals surface area contributed by atoms with Crippen molar-refractivity contribution in [2.24, 2.45) is 0 Å². The molecule has 2 rings (SSSR count). The van der Waals surface area contributed by atoms with E-state index in [1.54, 1.807) is 18.2 Å². The van der Waals surface area contributed by atoms with E-state index in [-0.39, 0.29) is 11.7 Å². The van der Waals surface area contributed by atoms with Crippen molar-refractivity contribution in [3.8, 4) is 0 Å². The summed E-state index contributed by atoms with van der Waals surface area (Å²) in [5, 5.41) is 0. The van der Waals surface area contributed by atoms with Crippen LogP contribution in [0.2, 0.25) is 0 Å². The van der Waals surface area contributed by atoms with Gasteiger partial charge in [-0.15, -0.1) is 0 Å². The molecule has 0 atom stereocenters. The molecular weight excluding hydrogens is 241 g/mol. The number of nitrogens with zero attached hydrogens (tertiary/aromatic N) is 2. The summed E-state index contributed by atoms with van der Waals surface area (Å²) in [6.07, 6.45) is 0.357. The Morgan fingerprint density at radius 1 is 1.21 bits per heavy atom. The normalized spacial score (nSPS) is 11.0. The van der Waals surface area contributed by atoms with Gasteiger partial charge in [0.15, 0.2) is 0 Å². The zero-order chi connectivity index (χ0) is 14.0. The van der Waals surface area contributed by atoms with Crippen LogP contribution in [0.1, 0.15) is 42.4 Å². The Hall–Kier alpha value is -1.97. The van der Waals surface area contributed by atoms with Gasteiger partial charge in [-0.05, 0) is 24.5 Å². The maximum atomic E-state index is 13.6. The molecule has 1 aromatic carbocycles. The molecule has 0 bridgehead atoms. The van der Waals surface area contributed by atoms with Gasteiger partial charge in [0.25, 0.3) is 0 Å². The Labute approximate surface area is 112 Å². The van der Waals surface area contributed by atoms with E-state index in [2.05, 4.69) is 23.8 Å². The third-order valence-corrected chi connectivity index (χ3v) is 3.10. The lowest BCUT2D eigenvalue weighted by molar-refractivity contribution is 0.612. The zero-order valence-electron chi connectivity index (χ0n) is 11.4. The van der Waals surface area contributed by atoms with Gasteiger partial charge in [-0.25, -0.2) is 14.4 Å². The number of halogens is 1. The van der Waals surface area contributed by atoms with Crippen LogP contribution in [-0.4, -0.2) is 9.97 Å². The third-order valence-electron chi connectivity index (χ3n) is 3.10. The number of aromatic nitrogens is 2. The summed E-state index contributed by atoms with van der Waals surface area (Å²) in [7, 11) is 0. The van der Waals surface area contributed by atoms with Crippen LogP contribution in [0.15, 0.2) is 24.3 Å².